The van der Waals surface area contributed by atoms with E-state index in [1.54, 1.807) is 0 Å². The maximum atomic E-state index is 12.5. The van der Waals surface area contributed by atoms with Crippen LogP contribution in [-0.4, -0.2) is 24.7 Å². The lowest BCUT2D eigenvalue weighted by Gasteiger charge is -2.55. The minimum absolute atomic E-state index is 0.118. The summed E-state index contributed by atoms with van der Waals surface area (Å²) in [5, 5.41) is 3.34. The second kappa shape index (κ2) is 6.04. The number of hydrogen-bond donors (Lipinski definition) is 1. The summed E-state index contributed by atoms with van der Waals surface area (Å²) in [5.74, 6) is 2.04. The fraction of sp³-hybridized carbons (Fsp3) is 0.632. The molecular weight excluding hydrogens is 274 g/mol. The number of nitrogens with one attached hydrogen (secondary N) is 1. The summed E-state index contributed by atoms with van der Waals surface area (Å²) in [5.41, 5.74) is 1.39. The van der Waals surface area contributed by atoms with Crippen LogP contribution in [0.4, 0.5) is 0 Å². The number of fused-ring (bicyclic) bond motifs is 1. The van der Waals surface area contributed by atoms with Crippen LogP contribution >= 0.6 is 0 Å². The van der Waals surface area contributed by atoms with Crippen LogP contribution in [0.25, 0.3) is 0 Å². The number of carbonyl (C=O) groups excluding carboxylic acids is 1. The first kappa shape index (κ1) is 14.3. The van der Waals surface area contributed by atoms with Crippen molar-refractivity contribution in [2.45, 2.75) is 56.6 Å². The lowest BCUT2D eigenvalue weighted by atomic mass is 9.53. The molecule has 1 heterocycles. The predicted octanol–water partition coefficient (Wildman–Crippen LogP) is 3.25. The molecule has 2 saturated carbocycles. The van der Waals surface area contributed by atoms with Crippen LogP contribution in [0.5, 0.6) is 0 Å². The van der Waals surface area contributed by atoms with Gasteiger partial charge in [-0.1, -0.05) is 43.2 Å². The third kappa shape index (κ3) is 2.45. The molecule has 1 aliphatic heterocycles. The lowest BCUT2D eigenvalue weighted by molar-refractivity contribution is -0.133. The second-order valence-corrected chi connectivity index (χ2v) is 7.08. The molecule has 4 rings (SSSR count). The van der Waals surface area contributed by atoms with Gasteiger partial charge in [0, 0.05) is 18.6 Å². The van der Waals surface area contributed by atoms with E-state index in [0.717, 1.165) is 25.4 Å². The third-order valence-corrected chi connectivity index (χ3v) is 5.90. The predicted molar refractivity (Wildman–Crippen MR) is 85.5 cm³/mol. The van der Waals surface area contributed by atoms with E-state index in [4.69, 9.17) is 4.74 Å². The van der Waals surface area contributed by atoms with E-state index in [1.165, 1.54) is 31.2 Å². The molecule has 0 radical (unpaired) electrons. The van der Waals surface area contributed by atoms with Crippen LogP contribution in [-0.2, 0) is 9.53 Å². The topological polar surface area (TPSA) is 38.3 Å². The van der Waals surface area contributed by atoms with Crippen LogP contribution in [0.3, 0.4) is 0 Å². The van der Waals surface area contributed by atoms with Gasteiger partial charge in [-0.25, -0.2) is 0 Å². The molecule has 22 heavy (non-hydrogen) atoms. The van der Waals surface area contributed by atoms with E-state index in [1.807, 2.05) is 0 Å². The first-order valence-corrected chi connectivity index (χ1v) is 8.81. The van der Waals surface area contributed by atoms with Crippen LogP contribution in [0.15, 0.2) is 30.3 Å². The molecule has 1 N–H and O–H groups in total. The molecule has 1 aromatic rings. The Bertz CT molecular complexity index is 523. The minimum atomic E-state index is -0.209. The van der Waals surface area contributed by atoms with E-state index < -0.39 is 0 Å². The third-order valence-electron chi connectivity index (χ3n) is 5.90. The largest absolute Gasteiger partial charge is 0.368 e. The highest BCUT2D eigenvalue weighted by atomic mass is 16.5. The molecule has 1 amide bonds. The van der Waals surface area contributed by atoms with Crippen LogP contribution in [0.1, 0.15) is 50.0 Å². The Balaban J connectivity index is 1.51. The number of amides is 1. The highest BCUT2D eigenvalue weighted by Gasteiger charge is 2.52. The molecule has 3 nitrogen and oxygen atoms in total. The first-order chi connectivity index (χ1) is 10.8. The van der Waals surface area contributed by atoms with Crippen LogP contribution < -0.4 is 5.32 Å². The van der Waals surface area contributed by atoms with Crippen molar-refractivity contribution in [1.29, 1.82) is 0 Å². The van der Waals surface area contributed by atoms with Crippen molar-refractivity contribution in [1.82, 2.24) is 5.32 Å². The van der Waals surface area contributed by atoms with Crippen molar-refractivity contribution in [2.24, 2.45) is 11.8 Å². The van der Waals surface area contributed by atoms with Crippen molar-refractivity contribution in [3.8, 4) is 0 Å². The Morgan fingerprint density at radius 3 is 2.50 bits per heavy atom. The van der Waals surface area contributed by atoms with Gasteiger partial charge in [-0.3, -0.25) is 4.79 Å². The number of ether oxygens (including phenoxy) is 1. The van der Waals surface area contributed by atoms with E-state index >= 15 is 0 Å². The first-order valence-electron chi connectivity index (χ1n) is 8.81. The maximum Gasteiger partial charge on any atom is 0.249 e. The quantitative estimate of drug-likeness (QED) is 0.930. The maximum absolute atomic E-state index is 12.5. The highest BCUT2D eigenvalue weighted by molar-refractivity contribution is 5.81. The van der Waals surface area contributed by atoms with Gasteiger partial charge < -0.3 is 10.1 Å². The summed E-state index contributed by atoms with van der Waals surface area (Å²) in [6.07, 6.45) is 6.92. The van der Waals surface area contributed by atoms with E-state index in [2.05, 4.69) is 35.6 Å². The summed E-state index contributed by atoms with van der Waals surface area (Å²) in [4.78, 5) is 12.5. The number of benzene rings is 1. The Labute approximate surface area is 132 Å². The summed E-state index contributed by atoms with van der Waals surface area (Å²) in [6, 6.07) is 11.1. The van der Waals surface area contributed by atoms with Crippen molar-refractivity contribution < 1.29 is 9.53 Å². The number of hydrogen-bond acceptors (Lipinski definition) is 2. The van der Waals surface area contributed by atoms with Gasteiger partial charge in [0.2, 0.25) is 5.91 Å². The SMILES string of the molecule is O=C(N[C@H]1[C@@H]2CCCC[C@H]2[C@@H]1c1ccccc1)[C@H]1CCCO1. The number of rotatable bonds is 3. The van der Waals surface area contributed by atoms with Gasteiger partial charge >= 0.3 is 0 Å². The van der Waals surface area contributed by atoms with E-state index in [-0.39, 0.29) is 12.0 Å². The molecule has 2 aliphatic carbocycles. The number of carbonyl (C=O) groups is 1. The van der Waals surface area contributed by atoms with Gasteiger partial charge in [0.1, 0.15) is 6.10 Å². The zero-order valence-corrected chi connectivity index (χ0v) is 13.0. The summed E-state index contributed by atoms with van der Waals surface area (Å²) >= 11 is 0. The zero-order valence-electron chi connectivity index (χ0n) is 13.0. The molecule has 3 heteroatoms. The van der Waals surface area contributed by atoms with Gasteiger partial charge in [-0.2, -0.15) is 0 Å². The molecule has 0 spiro atoms. The average Bonchev–Trinajstić information content (AvgIpc) is 3.08. The Kier molecular flexibility index (Phi) is 3.91. The smallest absolute Gasteiger partial charge is 0.249 e. The van der Waals surface area contributed by atoms with Crippen LogP contribution in [0, 0.1) is 11.8 Å². The molecule has 1 saturated heterocycles. The Hall–Kier alpha value is -1.35. The van der Waals surface area contributed by atoms with Crippen molar-refractivity contribution in [3.63, 3.8) is 0 Å². The van der Waals surface area contributed by atoms with Crippen molar-refractivity contribution in [2.75, 3.05) is 6.61 Å². The normalized spacial score (nSPS) is 37.2. The Morgan fingerprint density at radius 2 is 1.77 bits per heavy atom. The average molecular weight is 299 g/mol. The second-order valence-electron chi connectivity index (χ2n) is 7.08. The van der Waals surface area contributed by atoms with Gasteiger partial charge in [0.05, 0.1) is 0 Å². The minimum Gasteiger partial charge on any atom is -0.368 e. The molecule has 3 aliphatic rings. The molecule has 0 aromatic heterocycles. The molecule has 3 fully saturated rings. The summed E-state index contributed by atoms with van der Waals surface area (Å²) < 4.78 is 5.55. The van der Waals surface area contributed by atoms with Crippen LogP contribution in [0.2, 0.25) is 0 Å². The van der Waals surface area contributed by atoms with Gasteiger partial charge in [-0.05, 0) is 43.1 Å². The van der Waals surface area contributed by atoms with Gasteiger partial charge in [-0.15, -0.1) is 0 Å². The molecule has 0 unspecified atom stereocenters. The molecule has 0 bridgehead atoms. The lowest BCUT2D eigenvalue weighted by Crippen LogP contribution is -2.60. The zero-order chi connectivity index (χ0) is 14.9. The summed E-state index contributed by atoms with van der Waals surface area (Å²) in [6.45, 7) is 0.733. The van der Waals surface area contributed by atoms with Gasteiger partial charge in [0.15, 0.2) is 0 Å². The fourth-order valence-electron chi connectivity index (χ4n) is 4.84. The highest BCUT2D eigenvalue weighted by Crippen LogP contribution is 2.54. The van der Waals surface area contributed by atoms with Crippen molar-refractivity contribution >= 4 is 5.91 Å². The monoisotopic (exact) mass is 299 g/mol. The van der Waals surface area contributed by atoms with E-state index in [9.17, 15) is 4.79 Å². The Morgan fingerprint density at radius 1 is 1.00 bits per heavy atom. The fourth-order valence-corrected chi connectivity index (χ4v) is 4.84. The summed E-state index contributed by atoms with van der Waals surface area (Å²) in [7, 11) is 0. The standard InChI is InChI=1S/C19H25NO2/c21-19(16-11-6-12-22-16)20-18-15-10-5-4-9-14(15)17(18)13-7-2-1-3-8-13/h1-3,7-8,14-18H,4-6,9-12H2,(H,20,21)/t14-,15-,16-,17+,18+/m1/s1. The molecule has 1 aromatic carbocycles. The van der Waals surface area contributed by atoms with Gasteiger partial charge in [0.25, 0.3) is 0 Å². The molecule has 5 atom stereocenters. The van der Waals surface area contributed by atoms with Crippen molar-refractivity contribution in [3.05, 3.63) is 35.9 Å². The van der Waals surface area contributed by atoms with E-state index in [0.29, 0.717) is 17.9 Å². The molecule has 118 valence electrons. The molecular formula is C19H25NO2.